The van der Waals surface area contributed by atoms with Crippen molar-refractivity contribution in [1.29, 1.82) is 0 Å². The molecule has 0 radical (unpaired) electrons. The summed E-state index contributed by atoms with van der Waals surface area (Å²) in [6.07, 6.45) is 2.19. The quantitative estimate of drug-likeness (QED) is 0.809. The summed E-state index contributed by atoms with van der Waals surface area (Å²) in [6, 6.07) is 0. The Morgan fingerprint density at radius 2 is 2.11 bits per heavy atom. The van der Waals surface area contributed by atoms with Crippen LogP contribution in [0.4, 0.5) is 10.3 Å². The predicted octanol–water partition coefficient (Wildman–Crippen LogP) is 0.159. The zero-order valence-electron chi connectivity index (χ0n) is 10.5. The van der Waals surface area contributed by atoms with Crippen LogP contribution in [0.2, 0.25) is 0 Å². The second kappa shape index (κ2) is 6.55. The first-order chi connectivity index (χ1) is 9.26. The highest BCUT2D eigenvalue weighted by molar-refractivity contribution is 5.32. The van der Waals surface area contributed by atoms with E-state index in [9.17, 15) is 9.50 Å². The number of hydrogen-bond acceptors (Lipinski definition) is 6. The van der Waals surface area contributed by atoms with Gasteiger partial charge in [-0.3, -0.25) is 0 Å². The zero-order valence-corrected chi connectivity index (χ0v) is 10.5. The molecular weight excluding hydrogens is 251 g/mol. The number of rotatable bonds is 4. The van der Waals surface area contributed by atoms with E-state index in [-0.39, 0.29) is 12.1 Å². The van der Waals surface area contributed by atoms with E-state index in [1.54, 1.807) is 0 Å². The van der Waals surface area contributed by atoms with Gasteiger partial charge >= 0.3 is 0 Å². The molecule has 0 saturated carbocycles. The minimum Gasteiger partial charge on any atom is -0.384 e. The maximum absolute atomic E-state index is 12.5. The summed E-state index contributed by atoms with van der Waals surface area (Å²) >= 11 is 0. The van der Waals surface area contributed by atoms with Gasteiger partial charge in [0.05, 0.1) is 19.5 Å². The smallest absolute Gasteiger partial charge is 0.225 e. The fourth-order valence-electron chi connectivity index (χ4n) is 1.83. The van der Waals surface area contributed by atoms with E-state index in [1.807, 2.05) is 4.90 Å². The molecule has 6 nitrogen and oxygen atoms in total. The Morgan fingerprint density at radius 3 is 2.63 bits per heavy atom. The second-order valence-corrected chi connectivity index (χ2v) is 4.21. The Hall–Kier alpha value is -1.57. The van der Waals surface area contributed by atoms with Crippen LogP contribution in [0.5, 0.6) is 0 Å². The first-order valence-corrected chi connectivity index (χ1v) is 6.08. The monoisotopic (exact) mass is 268 g/mol. The largest absolute Gasteiger partial charge is 0.384 e. The van der Waals surface area contributed by atoms with Crippen molar-refractivity contribution in [3.05, 3.63) is 29.9 Å². The molecule has 1 aromatic rings. The standard InChI is InChI=1S/C12H17FN4O2/c13-5-9(6-14)11(18)10-7-15-12(16-8-10)17-1-3-19-4-2-17/h5,7-8,11,18H,1-4,6,14H2/b9-5+. The van der Waals surface area contributed by atoms with Crippen molar-refractivity contribution in [3.8, 4) is 0 Å². The number of aromatic nitrogens is 2. The van der Waals surface area contributed by atoms with Gasteiger partial charge in [0.15, 0.2) is 0 Å². The molecule has 0 bridgehead atoms. The molecule has 3 N–H and O–H groups in total. The Morgan fingerprint density at radius 1 is 1.47 bits per heavy atom. The molecule has 1 atom stereocenters. The first-order valence-electron chi connectivity index (χ1n) is 6.08. The third-order valence-corrected chi connectivity index (χ3v) is 2.99. The number of anilines is 1. The molecule has 1 fully saturated rings. The number of morpholine rings is 1. The Bertz CT molecular complexity index is 432. The van der Waals surface area contributed by atoms with Gasteiger partial charge in [0.1, 0.15) is 6.10 Å². The minimum absolute atomic E-state index is 0.0527. The zero-order chi connectivity index (χ0) is 13.7. The molecule has 1 aliphatic rings. The fraction of sp³-hybridized carbons (Fsp3) is 0.500. The van der Waals surface area contributed by atoms with Gasteiger partial charge in [0, 0.05) is 43.2 Å². The van der Waals surface area contributed by atoms with Gasteiger partial charge in [-0.05, 0) is 0 Å². The molecule has 2 rings (SSSR count). The molecule has 0 spiro atoms. The van der Waals surface area contributed by atoms with Crippen molar-refractivity contribution >= 4 is 5.95 Å². The predicted molar refractivity (Wildman–Crippen MR) is 68.3 cm³/mol. The molecule has 0 aliphatic carbocycles. The average molecular weight is 268 g/mol. The average Bonchev–Trinajstić information content (AvgIpc) is 2.49. The lowest BCUT2D eigenvalue weighted by Crippen LogP contribution is -2.37. The topological polar surface area (TPSA) is 84.5 Å². The van der Waals surface area contributed by atoms with Crippen molar-refractivity contribution in [3.63, 3.8) is 0 Å². The second-order valence-electron chi connectivity index (χ2n) is 4.21. The van der Waals surface area contributed by atoms with E-state index in [1.165, 1.54) is 12.4 Å². The summed E-state index contributed by atoms with van der Waals surface area (Å²) in [4.78, 5) is 10.4. The molecule has 19 heavy (non-hydrogen) atoms. The van der Waals surface area contributed by atoms with E-state index >= 15 is 0 Å². The minimum atomic E-state index is -1.10. The van der Waals surface area contributed by atoms with Crippen LogP contribution in [0.1, 0.15) is 11.7 Å². The van der Waals surface area contributed by atoms with Gasteiger partial charge in [-0.15, -0.1) is 0 Å². The van der Waals surface area contributed by atoms with Crippen LogP contribution >= 0.6 is 0 Å². The van der Waals surface area contributed by atoms with Gasteiger partial charge in [-0.25, -0.2) is 14.4 Å². The fourth-order valence-corrected chi connectivity index (χ4v) is 1.83. The Kier molecular flexibility index (Phi) is 4.78. The molecule has 7 heteroatoms. The van der Waals surface area contributed by atoms with Gasteiger partial charge in [-0.1, -0.05) is 0 Å². The van der Waals surface area contributed by atoms with E-state index in [0.29, 0.717) is 31.1 Å². The number of nitrogens with two attached hydrogens (primary N) is 1. The normalized spacial score (nSPS) is 18.5. The highest BCUT2D eigenvalue weighted by Crippen LogP contribution is 2.20. The number of hydrogen-bond donors (Lipinski definition) is 2. The van der Waals surface area contributed by atoms with Crippen molar-refractivity contribution in [2.24, 2.45) is 5.73 Å². The van der Waals surface area contributed by atoms with Crippen molar-refractivity contribution in [2.75, 3.05) is 37.7 Å². The Labute approximate surface area is 110 Å². The third kappa shape index (κ3) is 3.25. The molecule has 2 heterocycles. The molecular formula is C12H17FN4O2. The molecule has 1 unspecified atom stereocenters. The van der Waals surface area contributed by atoms with Crippen LogP contribution in [0.25, 0.3) is 0 Å². The lowest BCUT2D eigenvalue weighted by molar-refractivity contribution is 0.122. The first kappa shape index (κ1) is 13.9. The number of nitrogens with zero attached hydrogens (tertiary/aromatic N) is 3. The van der Waals surface area contributed by atoms with Crippen molar-refractivity contribution in [1.82, 2.24) is 9.97 Å². The van der Waals surface area contributed by atoms with Crippen molar-refractivity contribution in [2.45, 2.75) is 6.10 Å². The summed E-state index contributed by atoms with van der Waals surface area (Å²) in [5, 5.41) is 9.88. The molecule has 0 amide bonds. The van der Waals surface area contributed by atoms with E-state index < -0.39 is 6.10 Å². The van der Waals surface area contributed by atoms with Gasteiger partial charge in [-0.2, -0.15) is 0 Å². The van der Waals surface area contributed by atoms with Crippen LogP contribution in [0.15, 0.2) is 24.3 Å². The highest BCUT2D eigenvalue weighted by Gasteiger charge is 2.16. The SMILES string of the molecule is NC/C(=C\F)C(O)c1cnc(N2CCOCC2)nc1. The summed E-state index contributed by atoms with van der Waals surface area (Å²) in [5.41, 5.74) is 5.86. The maximum atomic E-state index is 12.5. The highest BCUT2D eigenvalue weighted by atomic mass is 19.1. The van der Waals surface area contributed by atoms with Crippen LogP contribution in [0.3, 0.4) is 0 Å². The summed E-state index contributed by atoms with van der Waals surface area (Å²) in [7, 11) is 0. The molecule has 1 aliphatic heterocycles. The summed E-state index contributed by atoms with van der Waals surface area (Å²) in [5.74, 6) is 0.581. The van der Waals surface area contributed by atoms with E-state index in [2.05, 4.69) is 9.97 Å². The summed E-state index contributed by atoms with van der Waals surface area (Å²) in [6.45, 7) is 2.72. The molecule has 0 aromatic carbocycles. The third-order valence-electron chi connectivity index (χ3n) is 2.99. The van der Waals surface area contributed by atoms with Crippen LogP contribution in [-0.2, 0) is 4.74 Å². The number of aliphatic hydroxyl groups is 1. The number of ether oxygens (including phenoxy) is 1. The molecule has 1 saturated heterocycles. The number of halogens is 1. The molecule has 1 aromatic heterocycles. The van der Waals surface area contributed by atoms with Crippen LogP contribution < -0.4 is 10.6 Å². The number of aliphatic hydroxyl groups excluding tert-OH is 1. The van der Waals surface area contributed by atoms with E-state index in [4.69, 9.17) is 10.5 Å². The van der Waals surface area contributed by atoms with E-state index in [0.717, 1.165) is 13.1 Å². The lowest BCUT2D eigenvalue weighted by atomic mass is 10.1. The van der Waals surface area contributed by atoms with Crippen LogP contribution in [-0.4, -0.2) is 47.9 Å². The lowest BCUT2D eigenvalue weighted by Gasteiger charge is -2.26. The summed E-state index contributed by atoms with van der Waals surface area (Å²) < 4.78 is 17.7. The maximum Gasteiger partial charge on any atom is 0.225 e. The van der Waals surface area contributed by atoms with Gasteiger partial charge < -0.3 is 20.5 Å². The molecule has 104 valence electrons. The van der Waals surface area contributed by atoms with Gasteiger partial charge in [0.25, 0.3) is 0 Å². The van der Waals surface area contributed by atoms with Crippen molar-refractivity contribution < 1.29 is 14.2 Å². The van der Waals surface area contributed by atoms with Crippen LogP contribution in [0, 0.1) is 0 Å². The Balaban J connectivity index is 2.09. The van der Waals surface area contributed by atoms with Gasteiger partial charge in [0.2, 0.25) is 5.95 Å².